The Morgan fingerprint density at radius 1 is 1.09 bits per heavy atom. The Morgan fingerprint density at radius 3 is 2.39 bits per heavy atom. The number of anilines is 1. The van der Waals surface area contributed by atoms with E-state index in [1.165, 1.54) is 30.3 Å². The van der Waals surface area contributed by atoms with E-state index >= 15 is 0 Å². The second-order valence-corrected chi connectivity index (χ2v) is 4.83. The molecule has 0 aliphatic rings. The van der Waals surface area contributed by atoms with E-state index < -0.39 is 11.8 Å². The highest BCUT2D eigenvalue weighted by atomic mass is 16.2. The first kappa shape index (κ1) is 15.7. The molecule has 0 fully saturated rings. The summed E-state index contributed by atoms with van der Waals surface area (Å²) in [5.74, 6) is -1.09. The van der Waals surface area contributed by atoms with Crippen molar-refractivity contribution in [2.45, 2.75) is 6.92 Å². The number of carbonyl (C=O) groups excluding carboxylic acids is 2. The number of nitriles is 2. The van der Waals surface area contributed by atoms with Gasteiger partial charge in [-0.15, -0.1) is 0 Å². The van der Waals surface area contributed by atoms with Crippen LogP contribution in [0, 0.1) is 29.6 Å². The standard InChI is InChI=1S/C17H12N4O2/c1-10-6-11(8-18)2-5-14(10)17(23)21-15-7-12(16(20)22)3-4-13(15)9-19/h2-7H,1H3,(H2,20,22)(H,21,23). The minimum absolute atomic E-state index is 0.191. The van der Waals surface area contributed by atoms with Gasteiger partial charge in [0.2, 0.25) is 5.91 Å². The summed E-state index contributed by atoms with van der Waals surface area (Å²) >= 11 is 0. The number of primary amides is 1. The minimum atomic E-state index is -0.653. The third kappa shape index (κ3) is 3.34. The van der Waals surface area contributed by atoms with Gasteiger partial charge in [0.15, 0.2) is 0 Å². The second-order valence-electron chi connectivity index (χ2n) is 4.83. The molecule has 0 atom stereocenters. The van der Waals surface area contributed by atoms with Gasteiger partial charge in [0.05, 0.1) is 22.9 Å². The van der Waals surface area contributed by atoms with Crippen molar-refractivity contribution < 1.29 is 9.59 Å². The first-order valence-electron chi connectivity index (χ1n) is 6.62. The zero-order valence-corrected chi connectivity index (χ0v) is 12.3. The summed E-state index contributed by atoms with van der Waals surface area (Å²) in [4.78, 5) is 23.6. The van der Waals surface area contributed by atoms with Crippen LogP contribution >= 0.6 is 0 Å². The maximum Gasteiger partial charge on any atom is 0.255 e. The monoisotopic (exact) mass is 304 g/mol. The molecule has 23 heavy (non-hydrogen) atoms. The quantitative estimate of drug-likeness (QED) is 0.901. The summed E-state index contributed by atoms with van der Waals surface area (Å²) in [6.45, 7) is 1.71. The van der Waals surface area contributed by atoms with Gasteiger partial charge in [-0.05, 0) is 48.9 Å². The Balaban J connectivity index is 2.37. The fourth-order valence-corrected chi connectivity index (χ4v) is 2.08. The van der Waals surface area contributed by atoms with Crippen LogP contribution < -0.4 is 11.1 Å². The number of nitrogens with two attached hydrogens (primary N) is 1. The van der Waals surface area contributed by atoms with Gasteiger partial charge in [-0.25, -0.2) is 0 Å². The third-order valence-electron chi connectivity index (χ3n) is 3.27. The third-order valence-corrected chi connectivity index (χ3v) is 3.27. The number of hydrogen-bond acceptors (Lipinski definition) is 4. The minimum Gasteiger partial charge on any atom is -0.366 e. The van der Waals surface area contributed by atoms with E-state index in [1.54, 1.807) is 13.0 Å². The maximum atomic E-state index is 12.4. The normalized spacial score (nSPS) is 9.52. The van der Waals surface area contributed by atoms with Gasteiger partial charge in [0.1, 0.15) is 6.07 Å². The molecule has 3 N–H and O–H groups in total. The fraction of sp³-hybridized carbons (Fsp3) is 0.0588. The predicted octanol–water partition coefficient (Wildman–Crippen LogP) is 2.09. The molecule has 6 nitrogen and oxygen atoms in total. The molecule has 0 saturated carbocycles. The van der Waals surface area contributed by atoms with Gasteiger partial charge in [-0.1, -0.05) is 0 Å². The second kappa shape index (κ2) is 6.42. The number of amides is 2. The van der Waals surface area contributed by atoms with Gasteiger partial charge in [0.25, 0.3) is 5.91 Å². The van der Waals surface area contributed by atoms with Crippen LogP contribution in [0.15, 0.2) is 36.4 Å². The summed E-state index contributed by atoms with van der Waals surface area (Å²) in [6, 6.07) is 12.8. The average Bonchev–Trinajstić information content (AvgIpc) is 2.54. The number of nitrogens with one attached hydrogen (secondary N) is 1. The molecule has 2 aromatic carbocycles. The molecule has 0 radical (unpaired) electrons. The molecular weight excluding hydrogens is 292 g/mol. The van der Waals surface area contributed by atoms with Crippen LogP contribution in [0.3, 0.4) is 0 Å². The van der Waals surface area contributed by atoms with Crippen molar-refractivity contribution in [1.29, 1.82) is 10.5 Å². The van der Waals surface area contributed by atoms with E-state index in [2.05, 4.69) is 5.32 Å². The Hall–Kier alpha value is -3.64. The summed E-state index contributed by atoms with van der Waals surface area (Å²) in [5.41, 5.74) is 7.28. The maximum absolute atomic E-state index is 12.4. The highest BCUT2D eigenvalue weighted by molar-refractivity contribution is 6.06. The van der Waals surface area contributed by atoms with E-state index in [9.17, 15) is 9.59 Å². The molecule has 0 aliphatic heterocycles. The van der Waals surface area contributed by atoms with E-state index in [1.807, 2.05) is 12.1 Å². The van der Waals surface area contributed by atoms with Gasteiger partial charge in [-0.3, -0.25) is 9.59 Å². The Morgan fingerprint density at radius 2 is 1.83 bits per heavy atom. The predicted molar refractivity (Wildman–Crippen MR) is 83.5 cm³/mol. The van der Waals surface area contributed by atoms with Crippen LogP contribution in [-0.4, -0.2) is 11.8 Å². The molecule has 0 aromatic heterocycles. The van der Waals surface area contributed by atoms with Crippen LogP contribution in [0.5, 0.6) is 0 Å². The SMILES string of the molecule is Cc1cc(C#N)ccc1C(=O)Nc1cc(C(N)=O)ccc1C#N. The van der Waals surface area contributed by atoms with Crippen LogP contribution in [0.25, 0.3) is 0 Å². The zero-order chi connectivity index (χ0) is 17.0. The van der Waals surface area contributed by atoms with Crippen molar-refractivity contribution in [2.75, 3.05) is 5.32 Å². The first-order chi connectivity index (χ1) is 11.0. The van der Waals surface area contributed by atoms with E-state index in [0.29, 0.717) is 16.7 Å². The van der Waals surface area contributed by atoms with Crippen LogP contribution in [0.1, 0.15) is 37.4 Å². The molecule has 6 heteroatoms. The number of nitrogens with zero attached hydrogens (tertiary/aromatic N) is 2. The summed E-state index contributed by atoms with van der Waals surface area (Å²) in [5, 5.41) is 20.5. The number of benzene rings is 2. The molecule has 0 heterocycles. The average molecular weight is 304 g/mol. The number of carbonyl (C=O) groups is 2. The van der Waals surface area contributed by atoms with Gasteiger partial charge >= 0.3 is 0 Å². The van der Waals surface area contributed by atoms with E-state index in [0.717, 1.165) is 0 Å². The van der Waals surface area contributed by atoms with Gasteiger partial charge in [-0.2, -0.15) is 10.5 Å². The highest BCUT2D eigenvalue weighted by Crippen LogP contribution is 2.19. The summed E-state index contributed by atoms with van der Waals surface area (Å²) in [6.07, 6.45) is 0. The summed E-state index contributed by atoms with van der Waals surface area (Å²) in [7, 11) is 0. The number of hydrogen-bond donors (Lipinski definition) is 2. The van der Waals surface area contributed by atoms with Crippen molar-refractivity contribution in [2.24, 2.45) is 5.73 Å². The lowest BCUT2D eigenvalue weighted by molar-refractivity contribution is 0.0996. The number of aryl methyl sites for hydroxylation is 1. The number of rotatable bonds is 3. The largest absolute Gasteiger partial charge is 0.366 e. The lowest BCUT2D eigenvalue weighted by Crippen LogP contribution is -2.16. The van der Waals surface area contributed by atoms with E-state index in [-0.39, 0.29) is 16.8 Å². The van der Waals surface area contributed by atoms with E-state index in [4.69, 9.17) is 16.3 Å². The van der Waals surface area contributed by atoms with Crippen molar-refractivity contribution in [3.05, 3.63) is 64.2 Å². The molecule has 2 aromatic rings. The topological polar surface area (TPSA) is 120 Å². The Labute approximate surface area is 132 Å². The Bertz CT molecular complexity index is 888. The van der Waals surface area contributed by atoms with Crippen LogP contribution in [0.2, 0.25) is 0 Å². The molecular formula is C17H12N4O2. The zero-order valence-electron chi connectivity index (χ0n) is 12.3. The summed E-state index contributed by atoms with van der Waals surface area (Å²) < 4.78 is 0. The van der Waals surface area contributed by atoms with Crippen molar-refractivity contribution >= 4 is 17.5 Å². The molecule has 0 aliphatic carbocycles. The van der Waals surface area contributed by atoms with Crippen molar-refractivity contribution in [1.82, 2.24) is 0 Å². The van der Waals surface area contributed by atoms with Gasteiger partial charge in [0, 0.05) is 11.1 Å². The first-order valence-corrected chi connectivity index (χ1v) is 6.62. The highest BCUT2D eigenvalue weighted by Gasteiger charge is 2.13. The lowest BCUT2D eigenvalue weighted by atomic mass is 10.0. The van der Waals surface area contributed by atoms with Crippen LogP contribution in [-0.2, 0) is 0 Å². The molecule has 2 rings (SSSR count). The van der Waals surface area contributed by atoms with Crippen LogP contribution in [0.4, 0.5) is 5.69 Å². The molecule has 0 spiro atoms. The molecule has 0 bridgehead atoms. The van der Waals surface area contributed by atoms with Gasteiger partial charge < -0.3 is 11.1 Å². The smallest absolute Gasteiger partial charge is 0.255 e. The fourth-order valence-electron chi connectivity index (χ4n) is 2.08. The molecule has 112 valence electrons. The molecule has 0 saturated heterocycles. The lowest BCUT2D eigenvalue weighted by Gasteiger charge is -2.10. The molecule has 2 amide bonds. The Kier molecular flexibility index (Phi) is 4.39. The molecule has 0 unspecified atom stereocenters. The van der Waals surface area contributed by atoms with Crippen molar-refractivity contribution in [3.8, 4) is 12.1 Å². The van der Waals surface area contributed by atoms with Crippen molar-refractivity contribution in [3.63, 3.8) is 0 Å².